The number of nitrogen functional groups attached to an aromatic ring is 2. The van der Waals surface area contributed by atoms with Crippen LogP contribution < -0.4 is 11.6 Å². The largest absolute Gasteiger partial charge is 0.382 e. The van der Waals surface area contributed by atoms with Crippen molar-refractivity contribution in [3.05, 3.63) is 12.4 Å². The fraction of sp³-hybridized carbons (Fsp3) is 0. The van der Waals surface area contributed by atoms with Crippen LogP contribution in [0.4, 0.5) is 10.2 Å². The van der Waals surface area contributed by atoms with Crippen LogP contribution in [0.15, 0.2) is 6.33 Å². The molecule has 0 saturated heterocycles. The summed E-state index contributed by atoms with van der Waals surface area (Å²) in [7, 11) is 0. The highest BCUT2D eigenvalue weighted by molar-refractivity contribution is 5.81. The quantitative estimate of drug-likeness (QED) is 0.399. The molecule has 7 heteroatoms. The van der Waals surface area contributed by atoms with Gasteiger partial charge in [-0.25, -0.2) is 9.66 Å². The van der Waals surface area contributed by atoms with Crippen molar-refractivity contribution in [3.8, 4) is 0 Å². The zero-order valence-corrected chi connectivity index (χ0v) is 5.90. The highest BCUT2D eigenvalue weighted by atomic mass is 19.1. The van der Waals surface area contributed by atoms with Gasteiger partial charge in [0, 0.05) is 0 Å². The molecule has 0 atom stereocenters. The summed E-state index contributed by atoms with van der Waals surface area (Å²) in [6.07, 6.45) is 0.377. The molecule has 2 heterocycles. The van der Waals surface area contributed by atoms with Gasteiger partial charge in [-0.15, -0.1) is 0 Å². The van der Waals surface area contributed by atoms with Crippen molar-refractivity contribution in [1.29, 1.82) is 0 Å². The predicted octanol–water partition coefficient (Wildman–Crippen LogP) is -0.739. The lowest BCUT2D eigenvalue weighted by atomic mass is 10.5. The first-order chi connectivity index (χ1) is 5.68. The van der Waals surface area contributed by atoms with Gasteiger partial charge in [0.2, 0.25) is 0 Å². The average Bonchev–Trinajstić information content (AvgIpc) is 2.33. The van der Waals surface area contributed by atoms with E-state index < -0.39 is 6.08 Å². The summed E-state index contributed by atoms with van der Waals surface area (Å²) < 4.78 is 13.6. The number of fused-ring (bicyclic) bond motifs is 1. The normalized spacial score (nSPS) is 10.8. The summed E-state index contributed by atoms with van der Waals surface area (Å²) in [5, 5.41) is 0. The Morgan fingerprint density at radius 2 is 2.17 bits per heavy atom. The molecule has 0 amide bonds. The Bertz CT molecular complexity index is 435. The lowest BCUT2D eigenvalue weighted by Gasteiger charge is -1.94. The molecule has 0 unspecified atom stereocenters. The third-order valence-corrected chi connectivity index (χ3v) is 1.42. The molecular weight excluding hydrogens is 163 g/mol. The maximum absolute atomic E-state index is 12.6. The molecule has 62 valence electrons. The summed E-state index contributed by atoms with van der Waals surface area (Å²) in [6.45, 7) is 0. The van der Waals surface area contributed by atoms with Crippen LogP contribution >= 0.6 is 0 Å². The van der Waals surface area contributed by atoms with Gasteiger partial charge in [-0.3, -0.25) is 0 Å². The van der Waals surface area contributed by atoms with Crippen LogP contribution in [0, 0.1) is 6.08 Å². The fourth-order valence-corrected chi connectivity index (χ4v) is 0.911. The number of nitrogens with two attached hydrogens (primary N) is 2. The van der Waals surface area contributed by atoms with Crippen LogP contribution in [0.3, 0.4) is 0 Å². The Kier molecular flexibility index (Phi) is 1.15. The van der Waals surface area contributed by atoms with E-state index in [1.807, 2.05) is 0 Å². The molecule has 2 aromatic rings. The number of nitrogens with zero attached hydrogens (tertiary/aromatic N) is 4. The summed E-state index contributed by atoms with van der Waals surface area (Å²) in [4.78, 5) is 10.5. The second-order valence-corrected chi connectivity index (χ2v) is 2.20. The van der Waals surface area contributed by atoms with Crippen molar-refractivity contribution in [2.75, 3.05) is 11.6 Å². The van der Waals surface area contributed by atoms with Gasteiger partial charge in [0.1, 0.15) is 6.33 Å². The Balaban J connectivity index is 2.92. The third kappa shape index (κ3) is 0.760. The van der Waals surface area contributed by atoms with Gasteiger partial charge in [0.15, 0.2) is 17.0 Å². The van der Waals surface area contributed by atoms with Crippen molar-refractivity contribution in [2.24, 2.45) is 0 Å². The van der Waals surface area contributed by atoms with E-state index in [4.69, 9.17) is 11.6 Å². The molecule has 0 aliphatic rings. The first-order valence-corrected chi connectivity index (χ1v) is 3.09. The molecule has 0 radical (unpaired) electrons. The van der Waals surface area contributed by atoms with Gasteiger partial charge in [0.05, 0.1) is 0 Å². The van der Waals surface area contributed by atoms with E-state index >= 15 is 0 Å². The first kappa shape index (κ1) is 6.77. The van der Waals surface area contributed by atoms with E-state index in [9.17, 15) is 4.39 Å². The molecule has 0 saturated carbocycles. The number of halogens is 1. The van der Waals surface area contributed by atoms with Crippen LogP contribution in [0.1, 0.15) is 0 Å². The van der Waals surface area contributed by atoms with Crippen molar-refractivity contribution in [3.63, 3.8) is 0 Å². The van der Waals surface area contributed by atoms with E-state index in [-0.39, 0.29) is 11.5 Å². The molecule has 2 aromatic heterocycles. The molecular formula is C5H5FN6. The standard InChI is InChI=1S/C5H5FN6/c6-5-10-3(7)2-4(11-5)12(8)1-9-2/h1H,8H2,(H2,7,10,11). The molecule has 12 heavy (non-hydrogen) atoms. The van der Waals surface area contributed by atoms with Crippen LogP contribution in [0.25, 0.3) is 11.2 Å². The Hall–Kier alpha value is -1.92. The zero-order valence-electron chi connectivity index (χ0n) is 5.90. The van der Waals surface area contributed by atoms with Gasteiger partial charge in [-0.2, -0.15) is 14.4 Å². The van der Waals surface area contributed by atoms with Gasteiger partial charge in [-0.05, 0) is 0 Å². The summed E-state index contributed by atoms with van der Waals surface area (Å²) in [5.74, 6) is 5.34. The number of anilines is 1. The first-order valence-electron chi connectivity index (χ1n) is 3.09. The molecule has 0 aliphatic heterocycles. The Morgan fingerprint density at radius 1 is 1.42 bits per heavy atom. The Morgan fingerprint density at radius 3 is 2.92 bits per heavy atom. The summed E-state index contributed by atoms with van der Waals surface area (Å²) >= 11 is 0. The molecule has 0 aromatic carbocycles. The molecule has 0 spiro atoms. The van der Waals surface area contributed by atoms with Gasteiger partial charge in [-0.1, -0.05) is 0 Å². The highest BCUT2D eigenvalue weighted by Gasteiger charge is 2.08. The van der Waals surface area contributed by atoms with Crippen LogP contribution in [-0.4, -0.2) is 19.6 Å². The maximum Gasteiger partial charge on any atom is 0.312 e. The lowest BCUT2D eigenvalue weighted by Crippen LogP contribution is -2.08. The topological polar surface area (TPSA) is 95.6 Å². The third-order valence-electron chi connectivity index (χ3n) is 1.42. The van der Waals surface area contributed by atoms with Crippen LogP contribution in [-0.2, 0) is 0 Å². The number of rotatable bonds is 0. The predicted molar refractivity (Wildman–Crippen MR) is 39.8 cm³/mol. The molecule has 2 rings (SSSR count). The van der Waals surface area contributed by atoms with Crippen LogP contribution in [0.2, 0.25) is 0 Å². The van der Waals surface area contributed by atoms with E-state index in [2.05, 4.69) is 15.0 Å². The minimum atomic E-state index is -0.910. The van der Waals surface area contributed by atoms with E-state index in [0.717, 1.165) is 4.68 Å². The highest BCUT2D eigenvalue weighted by Crippen LogP contribution is 2.12. The second kappa shape index (κ2) is 2.03. The van der Waals surface area contributed by atoms with Gasteiger partial charge in [0.25, 0.3) is 0 Å². The van der Waals surface area contributed by atoms with Crippen molar-refractivity contribution < 1.29 is 4.39 Å². The molecule has 4 N–H and O–H groups in total. The number of aromatic nitrogens is 4. The molecule has 0 bridgehead atoms. The maximum atomic E-state index is 12.6. The van der Waals surface area contributed by atoms with Gasteiger partial charge < -0.3 is 11.6 Å². The molecule has 0 fully saturated rings. The number of imidazole rings is 1. The second-order valence-electron chi connectivity index (χ2n) is 2.20. The average molecular weight is 168 g/mol. The lowest BCUT2D eigenvalue weighted by molar-refractivity contribution is 0.544. The minimum absolute atomic E-state index is 0.0123. The van der Waals surface area contributed by atoms with Crippen molar-refractivity contribution >= 4 is 17.0 Å². The Labute approximate surface area is 66.0 Å². The molecule has 0 aliphatic carbocycles. The fourth-order valence-electron chi connectivity index (χ4n) is 0.911. The zero-order chi connectivity index (χ0) is 8.72. The molecule has 6 nitrogen and oxygen atoms in total. The van der Waals surface area contributed by atoms with E-state index in [0.29, 0.717) is 5.52 Å². The smallest absolute Gasteiger partial charge is 0.312 e. The van der Waals surface area contributed by atoms with Crippen LogP contribution in [0.5, 0.6) is 0 Å². The monoisotopic (exact) mass is 168 g/mol. The van der Waals surface area contributed by atoms with Crippen molar-refractivity contribution in [2.45, 2.75) is 0 Å². The van der Waals surface area contributed by atoms with E-state index in [1.165, 1.54) is 6.33 Å². The van der Waals surface area contributed by atoms with E-state index in [1.54, 1.807) is 0 Å². The van der Waals surface area contributed by atoms with Crippen molar-refractivity contribution in [1.82, 2.24) is 19.6 Å². The summed E-state index contributed by atoms with van der Waals surface area (Å²) in [6, 6.07) is 0. The number of hydrogen-bond acceptors (Lipinski definition) is 5. The number of hydrogen-bond donors (Lipinski definition) is 2. The minimum Gasteiger partial charge on any atom is -0.382 e. The summed E-state index contributed by atoms with van der Waals surface area (Å²) in [5.41, 5.74) is 5.83. The van der Waals surface area contributed by atoms with Gasteiger partial charge >= 0.3 is 6.08 Å². The SMILES string of the molecule is Nc1nc(F)nc2c1ncn2N.